The molecule has 2 aromatic rings. The molecule has 0 N–H and O–H groups in total. The number of Topliss-reactive ketones (excluding diaryl/α,β-unsaturated/α-hetero) is 1. The summed E-state index contributed by atoms with van der Waals surface area (Å²) in [5.41, 5.74) is -0.148. The van der Waals surface area contributed by atoms with Gasteiger partial charge in [0, 0.05) is 17.5 Å². The minimum atomic E-state index is -0.639. The average Bonchev–Trinajstić information content (AvgIpc) is 2.27. The maximum Gasteiger partial charge on any atom is 0.336 e. The number of benzene rings is 1. The molecule has 0 saturated heterocycles. The molecule has 0 radical (unpaired) electrons. The molecule has 1 aromatic heterocycles. The zero-order chi connectivity index (χ0) is 13.1. The molecule has 5 heteroatoms. The summed E-state index contributed by atoms with van der Waals surface area (Å²) in [5, 5.41) is 0.723. The normalized spacial score (nSPS) is 10.3. The molecule has 0 fully saturated rings. The molecule has 0 bridgehead atoms. The fraction of sp³-hybridized carbons (Fsp3) is 0.154. The second-order valence-electron chi connectivity index (χ2n) is 3.81. The molecule has 0 aliphatic rings. The number of esters is 1. The van der Waals surface area contributed by atoms with Gasteiger partial charge in [-0.2, -0.15) is 0 Å². The van der Waals surface area contributed by atoms with E-state index in [9.17, 15) is 14.4 Å². The van der Waals surface area contributed by atoms with E-state index in [4.69, 9.17) is 9.15 Å². The first-order valence-corrected chi connectivity index (χ1v) is 5.28. The topological polar surface area (TPSA) is 73.6 Å². The maximum atomic E-state index is 11.3. The summed E-state index contributed by atoms with van der Waals surface area (Å²) >= 11 is 0. The molecule has 0 spiro atoms. The predicted molar refractivity (Wildman–Crippen MR) is 63.4 cm³/mol. The van der Waals surface area contributed by atoms with Gasteiger partial charge < -0.3 is 9.15 Å². The molecule has 1 heterocycles. The van der Waals surface area contributed by atoms with Gasteiger partial charge >= 0.3 is 11.6 Å². The number of ether oxygens (including phenoxy) is 1. The van der Waals surface area contributed by atoms with Crippen LogP contribution in [0.4, 0.5) is 0 Å². The first-order valence-electron chi connectivity index (χ1n) is 5.28. The van der Waals surface area contributed by atoms with Crippen LogP contribution in [0, 0.1) is 0 Å². The highest BCUT2D eigenvalue weighted by atomic mass is 16.5. The predicted octanol–water partition coefficient (Wildman–Crippen LogP) is 1.68. The average molecular weight is 246 g/mol. The summed E-state index contributed by atoms with van der Waals surface area (Å²) in [6.07, 6.45) is -0.281. The highest BCUT2D eigenvalue weighted by Gasteiger charge is 2.08. The quantitative estimate of drug-likeness (QED) is 0.356. The zero-order valence-corrected chi connectivity index (χ0v) is 9.64. The van der Waals surface area contributed by atoms with Crippen molar-refractivity contribution in [2.24, 2.45) is 0 Å². The van der Waals surface area contributed by atoms with Crippen molar-refractivity contribution < 1.29 is 18.7 Å². The molecule has 18 heavy (non-hydrogen) atoms. The monoisotopic (exact) mass is 246 g/mol. The van der Waals surface area contributed by atoms with E-state index < -0.39 is 11.6 Å². The van der Waals surface area contributed by atoms with Crippen LogP contribution in [0.15, 0.2) is 39.5 Å². The Morgan fingerprint density at radius 2 is 1.94 bits per heavy atom. The molecule has 0 unspecified atom stereocenters. The molecule has 0 aliphatic heterocycles. The summed E-state index contributed by atoms with van der Waals surface area (Å²) < 4.78 is 9.90. The third-order valence-electron chi connectivity index (χ3n) is 2.22. The first kappa shape index (κ1) is 12.0. The van der Waals surface area contributed by atoms with Crippen LogP contribution in [-0.2, 0) is 9.59 Å². The summed E-state index contributed by atoms with van der Waals surface area (Å²) in [7, 11) is 0. The number of carbonyl (C=O) groups excluding carboxylic acids is 2. The van der Waals surface area contributed by atoms with Crippen LogP contribution in [0.1, 0.15) is 13.3 Å². The number of fused-ring (bicyclic) bond motifs is 1. The van der Waals surface area contributed by atoms with Gasteiger partial charge in [0.2, 0.25) is 0 Å². The first-order chi connectivity index (χ1) is 8.54. The number of carbonyl (C=O) groups is 2. The number of hydrogen-bond acceptors (Lipinski definition) is 5. The lowest BCUT2D eigenvalue weighted by atomic mass is 10.2. The lowest BCUT2D eigenvalue weighted by Crippen LogP contribution is -2.11. The summed E-state index contributed by atoms with van der Waals surface area (Å²) in [4.78, 5) is 33.1. The SMILES string of the molecule is CC(=O)CC(=O)Oc1ccc2ccc(=O)oc2c1. The minimum Gasteiger partial charge on any atom is -0.426 e. The summed E-state index contributed by atoms with van der Waals surface area (Å²) in [6.45, 7) is 1.31. The van der Waals surface area contributed by atoms with Gasteiger partial charge in [0.25, 0.3) is 0 Å². The second kappa shape index (κ2) is 4.83. The van der Waals surface area contributed by atoms with Crippen molar-refractivity contribution in [1.82, 2.24) is 0 Å². The molecule has 92 valence electrons. The van der Waals surface area contributed by atoms with Crippen molar-refractivity contribution in [3.8, 4) is 5.75 Å². The van der Waals surface area contributed by atoms with Gasteiger partial charge in [-0.05, 0) is 25.1 Å². The molecule has 0 amide bonds. The Kier molecular flexibility index (Phi) is 3.23. The van der Waals surface area contributed by atoms with Crippen LogP contribution in [0.2, 0.25) is 0 Å². The van der Waals surface area contributed by atoms with Gasteiger partial charge in [-0.15, -0.1) is 0 Å². The van der Waals surface area contributed by atoms with Crippen molar-refractivity contribution in [1.29, 1.82) is 0 Å². The van der Waals surface area contributed by atoms with Crippen LogP contribution < -0.4 is 10.4 Å². The van der Waals surface area contributed by atoms with Crippen molar-refractivity contribution in [2.75, 3.05) is 0 Å². The molecule has 5 nitrogen and oxygen atoms in total. The van der Waals surface area contributed by atoms with Crippen molar-refractivity contribution in [3.05, 3.63) is 40.8 Å². The van der Waals surface area contributed by atoms with Crippen LogP contribution in [0.5, 0.6) is 5.75 Å². The summed E-state index contributed by atoms with van der Waals surface area (Å²) in [5.74, 6) is -0.671. The fourth-order valence-electron chi connectivity index (χ4n) is 1.48. The maximum absolute atomic E-state index is 11.3. The zero-order valence-electron chi connectivity index (χ0n) is 9.64. The van der Waals surface area contributed by atoms with Crippen molar-refractivity contribution in [3.63, 3.8) is 0 Å². The van der Waals surface area contributed by atoms with Gasteiger partial charge in [-0.25, -0.2) is 4.79 Å². The van der Waals surface area contributed by atoms with E-state index in [0.29, 0.717) is 5.58 Å². The van der Waals surface area contributed by atoms with E-state index in [1.165, 1.54) is 19.1 Å². The van der Waals surface area contributed by atoms with Gasteiger partial charge in [0.15, 0.2) is 0 Å². The third kappa shape index (κ3) is 2.82. The molecule has 0 saturated carbocycles. The van der Waals surface area contributed by atoms with E-state index in [2.05, 4.69) is 0 Å². The van der Waals surface area contributed by atoms with Crippen molar-refractivity contribution >= 4 is 22.7 Å². The minimum absolute atomic E-state index is 0.239. The van der Waals surface area contributed by atoms with E-state index in [1.54, 1.807) is 18.2 Å². The Bertz CT molecular complexity index is 668. The number of rotatable bonds is 3. The Labute approximate surface area is 102 Å². The Morgan fingerprint density at radius 3 is 2.67 bits per heavy atom. The molecule has 0 aliphatic carbocycles. The van der Waals surface area contributed by atoms with E-state index in [-0.39, 0.29) is 18.0 Å². The molecular weight excluding hydrogens is 236 g/mol. The van der Waals surface area contributed by atoms with Gasteiger partial charge in [0.1, 0.15) is 23.5 Å². The lowest BCUT2D eigenvalue weighted by molar-refractivity contribution is -0.137. The van der Waals surface area contributed by atoms with Crippen LogP contribution in [-0.4, -0.2) is 11.8 Å². The van der Waals surface area contributed by atoms with Crippen LogP contribution in [0.3, 0.4) is 0 Å². The van der Waals surface area contributed by atoms with E-state index >= 15 is 0 Å². The van der Waals surface area contributed by atoms with E-state index in [1.807, 2.05) is 0 Å². The third-order valence-corrected chi connectivity index (χ3v) is 2.22. The lowest BCUT2D eigenvalue weighted by Gasteiger charge is -2.03. The molecule has 2 rings (SSSR count). The smallest absolute Gasteiger partial charge is 0.336 e. The van der Waals surface area contributed by atoms with Crippen LogP contribution >= 0.6 is 0 Å². The van der Waals surface area contributed by atoms with Gasteiger partial charge in [0.05, 0.1) is 0 Å². The number of hydrogen-bond donors (Lipinski definition) is 0. The van der Waals surface area contributed by atoms with Gasteiger partial charge in [-0.3, -0.25) is 9.59 Å². The Hall–Kier alpha value is -2.43. The van der Waals surface area contributed by atoms with E-state index in [0.717, 1.165) is 5.39 Å². The second-order valence-corrected chi connectivity index (χ2v) is 3.81. The summed E-state index contributed by atoms with van der Waals surface area (Å²) in [6, 6.07) is 7.59. The van der Waals surface area contributed by atoms with Crippen molar-refractivity contribution in [2.45, 2.75) is 13.3 Å². The molecule has 1 aromatic carbocycles. The van der Waals surface area contributed by atoms with Crippen LogP contribution in [0.25, 0.3) is 11.0 Å². The fourth-order valence-corrected chi connectivity index (χ4v) is 1.48. The Morgan fingerprint density at radius 1 is 1.22 bits per heavy atom. The molecule has 0 atom stereocenters. The highest BCUT2D eigenvalue weighted by Crippen LogP contribution is 2.19. The highest BCUT2D eigenvalue weighted by molar-refractivity contribution is 5.95. The standard InChI is InChI=1S/C13H10O5/c1-8(14)6-13(16)17-10-4-2-9-3-5-12(15)18-11(9)7-10/h2-5,7H,6H2,1H3. The Balaban J connectivity index is 2.27. The largest absolute Gasteiger partial charge is 0.426 e. The number of ketones is 1. The van der Waals surface area contributed by atoms with Gasteiger partial charge in [-0.1, -0.05) is 0 Å². The molecular formula is C13H10O5.